The van der Waals surface area contributed by atoms with Crippen molar-refractivity contribution in [2.45, 2.75) is 45.1 Å². The lowest BCUT2D eigenvalue weighted by atomic mass is 10.1. The van der Waals surface area contributed by atoms with Gasteiger partial charge in [0, 0.05) is 13.1 Å². The van der Waals surface area contributed by atoms with Gasteiger partial charge >= 0.3 is 0 Å². The second-order valence-electron chi connectivity index (χ2n) is 8.26. The molecular weight excluding hydrogens is 400 g/mol. The van der Waals surface area contributed by atoms with E-state index >= 15 is 0 Å². The van der Waals surface area contributed by atoms with Crippen LogP contribution in [0.15, 0.2) is 66.7 Å². The fraction of sp³-hybridized carbons (Fsp3) is 0.333. The Balaban J connectivity index is 1.48. The number of carbonyl (C=O) groups excluding carboxylic acids is 2. The highest BCUT2D eigenvalue weighted by molar-refractivity contribution is 6.04. The number of rotatable bonds is 6. The molecule has 5 heteroatoms. The van der Waals surface area contributed by atoms with Gasteiger partial charge in [-0.05, 0) is 54.3 Å². The predicted molar refractivity (Wildman–Crippen MR) is 128 cm³/mol. The van der Waals surface area contributed by atoms with Crippen LogP contribution < -0.4 is 10.1 Å². The van der Waals surface area contributed by atoms with Gasteiger partial charge in [-0.15, -0.1) is 0 Å². The lowest BCUT2D eigenvalue weighted by Crippen LogP contribution is -2.35. The SMILES string of the molecule is CCC(Oc1ccc2ccccc2c1)C(=O)Nc1ccccc1C(=O)N1CCCCCC1. The summed E-state index contributed by atoms with van der Waals surface area (Å²) < 4.78 is 6.03. The summed E-state index contributed by atoms with van der Waals surface area (Å²) in [5.41, 5.74) is 1.07. The molecule has 166 valence electrons. The van der Waals surface area contributed by atoms with Gasteiger partial charge in [0.25, 0.3) is 11.8 Å². The summed E-state index contributed by atoms with van der Waals surface area (Å²) in [6.07, 6.45) is 4.23. The van der Waals surface area contributed by atoms with Gasteiger partial charge in [0.05, 0.1) is 11.3 Å². The quantitative estimate of drug-likeness (QED) is 0.550. The Morgan fingerprint density at radius 2 is 1.59 bits per heavy atom. The summed E-state index contributed by atoms with van der Waals surface area (Å²) >= 11 is 0. The minimum absolute atomic E-state index is 0.0219. The highest BCUT2D eigenvalue weighted by Gasteiger charge is 2.23. The average molecular weight is 431 g/mol. The Labute approximate surface area is 189 Å². The number of nitrogens with zero attached hydrogens (tertiary/aromatic N) is 1. The van der Waals surface area contributed by atoms with Gasteiger partial charge in [0.2, 0.25) is 0 Å². The average Bonchev–Trinajstić information content (AvgIpc) is 3.12. The van der Waals surface area contributed by atoms with Gasteiger partial charge in [-0.1, -0.05) is 62.2 Å². The summed E-state index contributed by atoms with van der Waals surface area (Å²) in [5, 5.41) is 5.13. The summed E-state index contributed by atoms with van der Waals surface area (Å²) in [5.74, 6) is 0.377. The zero-order chi connectivity index (χ0) is 22.3. The minimum atomic E-state index is -0.655. The molecule has 3 aromatic rings. The molecule has 0 radical (unpaired) electrons. The maximum atomic E-state index is 13.2. The number of amides is 2. The van der Waals surface area contributed by atoms with Crippen LogP contribution in [0.3, 0.4) is 0 Å². The number of likely N-dealkylation sites (tertiary alicyclic amines) is 1. The molecule has 3 aromatic carbocycles. The number of benzene rings is 3. The molecule has 1 unspecified atom stereocenters. The fourth-order valence-electron chi connectivity index (χ4n) is 4.16. The van der Waals surface area contributed by atoms with E-state index in [1.807, 2.05) is 66.4 Å². The molecular formula is C27H30N2O3. The molecule has 1 heterocycles. The number of anilines is 1. The van der Waals surface area contributed by atoms with Crippen molar-refractivity contribution < 1.29 is 14.3 Å². The molecule has 0 spiro atoms. The largest absolute Gasteiger partial charge is 0.481 e. The zero-order valence-electron chi connectivity index (χ0n) is 18.5. The molecule has 32 heavy (non-hydrogen) atoms. The number of hydrogen-bond acceptors (Lipinski definition) is 3. The predicted octanol–water partition coefficient (Wildman–Crippen LogP) is 5.65. The molecule has 0 bridgehead atoms. The summed E-state index contributed by atoms with van der Waals surface area (Å²) in [4.78, 5) is 28.1. The maximum absolute atomic E-state index is 13.2. The first-order valence-electron chi connectivity index (χ1n) is 11.5. The number of ether oxygens (including phenoxy) is 1. The zero-order valence-corrected chi connectivity index (χ0v) is 18.5. The van der Waals surface area contributed by atoms with Crippen molar-refractivity contribution in [1.82, 2.24) is 4.90 Å². The van der Waals surface area contributed by atoms with Gasteiger partial charge in [0.15, 0.2) is 6.10 Å². The molecule has 4 rings (SSSR count). The van der Waals surface area contributed by atoms with E-state index in [1.54, 1.807) is 12.1 Å². The Kier molecular flexibility index (Phi) is 7.05. The lowest BCUT2D eigenvalue weighted by Gasteiger charge is -2.23. The normalized spacial score (nSPS) is 15.1. The van der Waals surface area contributed by atoms with Crippen LogP contribution >= 0.6 is 0 Å². The van der Waals surface area contributed by atoms with E-state index in [4.69, 9.17) is 4.74 Å². The van der Waals surface area contributed by atoms with Gasteiger partial charge < -0.3 is 15.0 Å². The van der Waals surface area contributed by atoms with Crippen LogP contribution in [0.25, 0.3) is 10.8 Å². The number of fused-ring (bicyclic) bond motifs is 1. The van der Waals surface area contributed by atoms with Crippen LogP contribution in [0.2, 0.25) is 0 Å². The molecule has 0 aromatic heterocycles. The summed E-state index contributed by atoms with van der Waals surface area (Å²) in [6, 6.07) is 21.1. The Morgan fingerprint density at radius 3 is 2.34 bits per heavy atom. The van der Waals surface area contributed by atoms with Gasteiger partial charge in [-0.3, -0.25) is 9.59 Å². The first kappa shape index (κ1) is 21.9. The number of para-hydroxylation sites is 1. The van der Waals surface area contributed by atoms with Crippen LogP contribution in [-0.2, 0) is 4.79 Å². The van der Waals surface area contributed by atoms with Crippen LogP contribution in [0, 0.1) is 0 Å². The third kappa shape index (κ3) is 5.10. The van der Waals surface area contributed by atoms with Crippen molar-refractivity contribution in [1.29, 1.82) is 0 Å². The third-order valence-electron chi connectivity index (χ3n) is 5.97. The van der Waals surface area contributed by atoms with E-state index in [0.717, 1.165) is 49.5 Å². The Bertz CT molecular complexity index is 1090. The van der Waals surface area contributed by atoms with Crippen molar-refractivity contribution in [3.8, 4) is 5.75 Å². The minimum Gasteiger partial charge on any atom is -0.481 e. The monoisotopic (exact) mass is 430 g/mol. The van der Waals surface area contributed by atoms with Gasteiger partial charge in [0.1, 0.15) is 5.75 Å². The first-order valence-corrected chi connectivity index (χ1v) is 11.5. The molecule has 5 nitrogen and oxygen atoms in total. The maximum Gasteiger partial charge on any atom is 0.265 e. The van der Waals surface area contributed by atoms with E-state index < -0.39 is 6.10 Å². The van der Waals surface area contributed by atoms with Crippen molar-refractivity contribution >= 4 is 28.3 Å². The van der Waals surface area contributed by atoms with Crippen LogP contribution in [0.4, 0.5) is 5.69 Å². The van der Waals surface area contributed by atoms with Crippen molar-refractivity contribution in [2.24, 2.45) is 0 Å². The van der Waals surface area contributed by atoms with E-state index in [1.165, 1.54) is 0 Å². The summed E-state index contributed by atoms with van der Waals surface area (Å²) in [7, 11) is 0. The Morgan fingerprint density at radius 1 is 0.906 bits per heavy atom. The topological polar surface area (TPSA) is 58.6 Å². The number of nitrogens with one attached hydrogen (secondary N) is 1. The van der Waals surface area contributed by atoms with Crippen LogP contribution in [0.1, 0.15) is 49.4 Å². The van der Waals surface area contributed by atoms with Gasteiger partial charge in [-0.25, -0.2) is 0 Å². The molecule has 0 aliphatic carbocycles. The first-order chi connectivity index (χ1) is 15.7. The number of carbonyl (C=O) groups is 2. The van der Waals surface area contributed by atoms with Crippen LogP contribution in [0.5, 0.6) is 5.75 Å². The molecule has 1 aliphatic rings. The van der Waals surface area contributed by atoms with E-state index in [2.05, 4.69) is 5.32 Å². The summed E-state index contributed by atoms with van der Waals surface area (Å²) in [6.45, 7) is 3.45. The van der Waals surface area contributed by atoms with Gasteiger partial charge in [-0.2, -0.15) is 0 Å². The van der Waals surface area contributed by atoms with E-state index in [0.29, 0.717) is 23.4 Å². The second-order valence-corrected chi connectivity index (χ2v) is 8.26. The van der Waals surface area contributed by atoms with E-state index in [9.17, 15) is 9.59 Å². The van der Waals surface area contributed by atoms with E-state index in [-0.39, 0.29) is 11.8 Å². The van der Waals surface area contributed by atoms with Crippen LogP contribution in [-0.4, -0.2) is 35.9 Å². The standard InChI is InChI=1S/C27H30N2O3/c1-2-25(32-22-16-15-20-11-5-6-12-21(20)19-22)26(30)28-24-14-8-7-13-23(24)27(31)29-17-9-3-4-10-18-29/h5-8,11-16,19,25H,2-4,9-10,17-18H2,1H3,(H,28,30). The van der Waals surface area contributed by atoms with Crippen molar-refractivity contribution in [3.63, 3.8) is 0 Å². The van der Waals surface area contributed by atoms with Crippen molar-refractivity contribution in [3.05, 3.63) is 72.3 Å². The number of hydrogen-bond donors (Lipinski definition) is 1. The smallest absolute Gasteiger partial charge is 0.265 e. The highest BCUT2D eigenvalue weighted by Crippen LogP contribution is 2.24. The fourth-order valence-corrected chi connectivity index (χ4v) is 4.16. The highest BCUT2D eigenvalue weighted by atomic mass is 16.5. The molecule has 2 amide bonds. The molecule has 1 atom stereocenters. The lowest BCUT2D eigenvalue weighted by molar-refractivity contribution is -0.122. The Hall–Kier alpha value is -3.34. The molecule has 1 N–H and O–H groups in total. The third-order valence-corrected chi connectivity index (χ3v) is 5.97. The molecule has 1 saturated heterocycles. The molecule has 1 fully saturated rings. The second kappa shape index (κ2) is 10.3. The molecule has 0 saturated carbocycles. The molecule has 1 aliphatic heterocycles. The van der Waals surface area contributed by atoms with Crippen molar-refractivity contribution in [2.75, 3.05) is 18.4 Å².